The van der Waals surface area contributed by atoms with Crippen molar-refractivity contribution in [3.63, 3.8) is 0 Å². The third-order valence-corrected chi connectivity index (χ3v) is 5.46. The monoisotopic (exact) mass is 418 g/mol. The summed E-state index contributed by atoms with van der Waals surface area (Å²) in [6.45, 7) is 8.37. The van der Waals surface area contributed by atoms with Crippen LogP contribution in [0.25, 0.3) is 0 Å². The van der Waals surface area contributed by atoms with E-state index in [0.29, 0.717) is 5.11 Å². The molecule has 0 amide bonds. The van der Waals surface area contributed by atoms with E-state index in [1.807, 2.05) is 12.1 Å². The number of fused-ring (bicyclic) bond motifs is 1. The van der Waals surface area contributed by atoms with Gasteiger partial charge in [0.2, 0.25) is 0 Å². The van der Waals surface area contributed by atoms with Crippen LogP contribution in [0.5, 0.6) is 5.75 Å². The number of halogens is 1. The number of anilines is 1. The molecule has 0 unspecified atom stereocenters. The summed E-state index contributed by atoms with van der Waals surface area (Å²) >= 11 is 9.07. The topological polar surface area (TPSA) is 33.3 Å². The van der Waals surface area contributed by atoms with Crippen LogP contribution in [0, 0.1) is 13.8 Å². The maximum atomic E-state index is 6.15. The lowest BCUT2D eigenvalue weighted by Gasteiger charge is -2.38. The molecule has 2 aromatic carbocycles. The van der Waals surface area contributed by atoms with Crippen molar-refractivity contribution in [2.24, 2.45) is 0 Å². The molecule has 1 aliphatic rings. The Bertz CT molecular complexity index is 819. The van der Waals surface area contributed by atoms with Gasteiger partial charge < -0.3 is 15.4 Å². The van der Waals surface area contributed by atoms with Crippen molar-refractivity contribution < 1.29 is 4.74 Å². The van der Waals surface area contributed by atoms with Crippen LogP contribution in [0.1, 0.15) is 43.0 Å². The quantitative estimate of drug-likeness (QED) is 0.616. The van der Waals surface area contributed by atoms with E-state index in [9.17, 15) is 0 Å². The minimum atomic E-state index is -0.234. The van der Waals surface area contributed by atoms with Gasteiger partial charge in [-0.05, 0) is 75.3 Å². The maximum absolute atomic E-state index is 6.15. The molecule has 0 saturated heterocycles. The molecule has 0 radical (unpaired) electrons. The molecule has 5 heteroatoms. The third kappa shape index (κ3) is 4.33. The van der Waals surface area contributed by atoms with E-state index in [2.05, 4.69) is 78.5 Å². The summed E-state index contributed by atoms with van der Waals surface area (Å²) in [7, 11) is 0. The molecule has 3 nitrogen and oxygen atoms in total. The van der Waals surface area contributed by atoms with Crippen LogP contribution in [0.3, 0.4) is 0 Å². The van der Waals surface area contributed by atoms with Gasteiger partial charge >= 0.3 is 0 Å². The van der Waals surface area contributed by atoms with Gasteiger partial charge in [-0.3, -0.25) is 0 Å². The second-order valence-electron chi connectivity index (χ2n) is 7.22. The van der Waals surface area contributed by atoms with Crippen molar-refractivity contribution in [2.75, 3.05) is 5.32 Å². The summed E-state index contributed by atoms with van der Waals surface area (Å²) in [6, 6.07) is 12.6. The molecule has 0 aromatic heterocycles. The van der Waals surface area contributed by atoms with Crippen LogP contribution in [-0.2, 0) is 0 Å². The number of benzene rings is 2. The molecule has 132 valence electrons. The molecule has 0 spiro atoms. The fraction of sp³-hybridized carbons (Fsp3) is 0.350. The minimum Gasteiger partial charge on any atom is -0.487 e. The average molecular weight is 419 g/mol. The van der Waals surface area contributed by atoms with Gasteiger partial charge in [0.05, 0.1) is 6.04 Å². The number of ether oxygens (including phenoxy) is 1. The van der Waals surface area contributed by atoms with Crippen molar-refractivity contribution >= 4 is 38.9 Å². The summed E-state index contributed by atoms with van der Waals surface area (Å²) < 4.78 is 7.24. The first kappa shape index (κ1) is 18.2. The highest BCUT2D eigenvalue weighted by Crippen LogP contribution is 2.39. The van der Waals surface area contributed by atoms with E-state index in [1.54, 1.807) is 0 Å². The van der Waals surface area contributed by atoms with Crippen molar-refractivity contribution in [3.8, 4) is 5.75 Å². The van der Waals surface area contributed by atoms with E-state index in [1.165, 1.54) is 11.1 Å². The van der Waals surface area contributed by atoms with E-state index < -0.39 is 0 Å². The number of thiocarbonyl (C=S) groups is 1. The predicted molar refractivity (Wildman–Crippen MR) is 111 cm³/mol. The summed E-state index contributed by atoms with van der Waals surface area (Å²) in [4.78, 5) is 0. The first-order valence-corrected chi connectivity index (χ1v) is 9.57. The highest BCUT2D eigenvalue weighted by molar-refractivity contribution is 9.10. The molecule has 1 aliphatic heterocycles. The Morgan fingerprint density at radius 3 is 2.68 bits per heavy atom. The molecule has 0 bridgehead atoms. The van der Waals surface area contributed by atoms with Gasteiger partial charge in [0.25, 0.3) is 0 Å². The lowest BCUT2D eigenvalue weighted by Crippen LogP contribution is -2.42. The number of aryl methyl sites for hydroxylation is 2. The van der Waals surface area contributed by atoms with Gasteiger partial charge in [-0.1, -0.05) is 28.1 Å². The fourth-order valence-corrected chi connectivity index (χ4v) is 3.64. The maximum Gasteiger partial charge on any atom is 0.171 e. The van der Waals surface area contributed by atoms with Crippen LogP contribution in [0.2, 0.25) is 0 Å². The van der Waals surface area contributed by atoms with E-state index >= 15 is 0 Å². The van der Waals surface area contributed by atoms with Crippen molar-refractivity contribution in [1.82, 2.24) is 5.32 Å². The Labute approximate surface area is 163 Å². The second-order valence-corrected chi connectivity index (χ2v) is 8.48. The smallest absolute Gasteiger partial charge is 0.171 e. The van der Waals surface area contributed by atoms with Crippen LogP contribution in [0.15, 0.2) is 40.9 Å². The first-order chi connectivity index (χ1) is 11.7. The molecule has 25 heavy (non-hydrogen) atoms. The summed E-state index contributed by atoms with van der Waals surface area (Å²) in [5.74, 6) is 0.941. The highest BCUT2D eigenvalue weighted by Gasteiger charge is 2.34. The summed E-state index contributed by atoms with van der Waals surface area (Å²) in [5, 5.41) is 7.37. The zero-order valence-corrected chi connectivity index (χ0v) is 17.3. The predicted octanol–water partition coefficient (Wildman–Crippen LogP) is 5.65. The Morgan fingerprint density at radius 2 is 1.96 bits per heavy atom. The molecule has 0 aliphatic carbocycles. The van der Waals surface area contributed by atoms with E-state index in [-0.39, 0.29) is 11.6 Å². The van der Waals surface area contributed by atoms with Gasteiger partial charge in [-0.15, -0.1) is 0 Å². The van der Waals surface area contributed by atoms with Gasteiger partial charge in [-0.2, -0.15) is 0 Å². The van der Waals surface area contributed by atoms with Crippen LogP contribution in [-0.4, -0.2) is 10.7 Å². The lowest BCUT2D eigenvalue weighted by molar-refractivity contribution is 0.0696. The molecular formula is C20H23BrN2OS. The van der Waals surface area contributed by atoms with Crippen molar-refractivity contribution in [2.45, 2.75) is 45.8 Å². The minimum absolute atomic E-state index is 0.121. The van der Waals surface area contributed by atoms with Gasteiger partial charge in [0.1, 0.15) is 11.4 Å². The zero-order chi connectivity index (χ0) is 18.2. The molecule has 0 fully saturated rings. The molecule has 0 saturated carbocycles. The van der Waals surface area contributed by atoms with Crippen LogP contribution < -0.4 is 15.4 Å². The Hall–Kier alpha value is -1.59. The number of rotatable bonds is 2. The largest absolute Gasteiger partial charge is 0.487 e. The van der Waals surface area contributed by atoms with Crippen molar-refractivity contribution in [1.29, 1.82) is 0 Å². The number of hydrogen-bond donors (Lipinski definition) is 2. The Morgan fingerprint density at radius 1 is 1.20 bits per heavy atom. The molecule has 1 heterocycles. The first-order valence-electron chi connectivity index (χ1n) is 8.37. The molecular weight excluding hydrogens is 396 g/mol. The SMILES string of the molecule is Cc1ccc2c(c1)OC(C)(C)C[C@@H]2NC(=S)Nc1ccc(Br)c(C)c1. The van der Waals surface area contributed by atoms with Gasteiger partial charge in [0.15, 0.2) is 5.11 Å². The third-order valence-electron chi connectivity index (χ3n) is 4.35. The normalized spacial score (nSPS) is 18.0. The van der Waals surface area contributed by atoms with E-state index in [0.717, 1.165) is 27.9 Å². The Balaban J connectivity index is 1.77. The molecule has 2 aromatic rings. The molecule has 3 rings (SSSR count). The lowest BCUT2D eigenvalue weighted by atomic mass is 9.89. The molecule has 2 N–H and O–H groups in total. The summed E-state index contributed by atoms with van der Waals surface area (Å²) in [5.41, 5.74) is 4.26. The van der Waals surface area contributed by atoms with Gasteiger partial charge in [-0.25, -0.2) is 0 Å². The standard InChI is InChI=1S/C20H23BrN2OS/c1-12-5-7-15-17(11-20(3,4)24-18(15)9-12)23-19(25)22-14-6-8-16(21)13(2)10-14/h5-10,17H,11H2,1-4H3,(H2,22,23,25)/t17-/m0/s1. The average Bonchev–Trinajstić information content (AvgIpc) is 2.49. The van der Waals surface area contributed by atoms with Crippen LogP contribution >= 0.6 is 28.1 Å². The van der Waals surface area contributed by atoms with Crippen LogP contribution in [0.4, 0.5) is 5.69 Å². The zero-order valence-electron chi connectivity index (χ0n) is 14.9. The fourth-order valence-electron chi connectivity index (χ4n) is 3.14. The van der Waals surface area contributed by atoms with E-state index in [4.69, 9.17) is 17.0 Å². The summed E-state index contributed by atoms with van der Waals surface area (Å²) in [6.07, 6.45) is 0.851. The number of nitrogens with one attached hydrogen (secondary N) is 2. The second kappa shape index (κ2) is 6.96. The van der Waals surface area contributed by atoms with Gasteiger partial charge in [0, 0.05) is 22.1 Å². The number of hydrogen-bond acceptors (Lipinski definition) is 2. The molecule has 1 atom stereocenters. The highest BCUT2D eigenvalue weighted by atomic mass is 79.9. The van der Waals surface area contributed by atoms with Crippen molar-refractivity contribution in [3.05, 3.63) is 57.6 Å². The Kier molecular flexibility index (Phi) is 5.07.